The molecule has 1 unspecified atom stereocenters. The van der Waals surface area contributed by atoms with E-state index in [4.69, 9.17) is 4.74 Å². The molecule has 2 aromatic carbocycles. The van der Waals surface area contributed by atoms with Gasteiger partial charge in [-0.05, 0) is 42.0 Å². The lowest BCUT2D eigenvalue weighted by molar-refractivity contribution is 0.0933. The summed E-state index contributed by atoms with van der Waals surface area (Å²) in [5.41, 5.74) is 4.31. The number of aromatic nitrogens is 4. The minimum atomic E-state index is -0.129. The highest BCUT2D eigenvalue weighted by molar-refractivity contribution is 5.94. The van der Waals surface area contributed by atoms with Crippen LogP contribution < -0.4 is 10.1 Å². The lowest BCUT2D eigenvalue weighted by Crippen LogP contribution is -2.34. The monoisotopic (exact) mass is 397 g/mol. The first kappa shape index (κ1) is 18.1. The molecule has 30 heavy (non-hydrogen) atoms. The number of carbonyl (C=O) groups is 1. The third kappa shape index (κ3) is 3.53. The number of rotatable bonds is 5. The standard InChI is InChI=1S/C23H19N5O2/c29-23(16-5-7-18(8-6-16)28-12-2-9-27-28)26-14-19-13-17-3-1-4-20(22(17)30-19)21-15-24-10-11-25-21/h1-12,15,19H,13-14H2,(H,26,29). The summed E-state index contributed by atoms with van der Waals surface area (Å²) in [4.78, 5) is 21.1. The molecule has 7 heteroatoms. The minimum absolute atomic E-state index is 0.120. The van der Waals surface area contributed by atoms with Gasteiger partial charge in [0.1, 0.15) is 11.9 Å². The van der Waals surface area contributed by atoms with Crippen LogP contribution in [0.25, 0.3) is 16.9 Å². The summed E-state index contributed by atoms with van der Waals surface area (Å²) in [7, 11) is 0. The maximum absolute atomic E-state index is 12.6. The van der Waals surface area contributed by atoms with E-state index in [9.17, 15) is 4.79 Å². The number of fused-ring (bicyclic) bond motifs is 1. The van der Waals surface area contributed by atoms with E-state index in [2.05, 4.69) is 20.4 Å². The van der Waals surface area contributed by atoms with Gasteiger partial charge in [-0.2, -0.15) is 5.10 Å². The molecule has 1 atom stereocenters. The fourth-order valence-electron chi connectivity index (χ4n) is 3.59. The van der Waals surface area contributed by atoms with Gasteiger partial charge in [0.25, 0.3) is 5.91 Å². The van der Waals surface area contributed by atoms with Crippen LogP contribution in [0.5, 0.6) is 5.75 Å². The van der Waals surface area contributed by atoms with Crippen molar-refractivity contribution in [2.45, 2.75) is 12.5 Å². The zero-order chi connectivity index (χ0) is 20.3. The van der Waals surface area contributed by atoms with Crippen molar-refractivity contribution in [1.82, 2.24) is 25.1 Å². The van der Waals surface area contributed by atoms with Crippen LogP contribution in [0.4, 0.5) is 0 Å². The first-order valence-corrected chi connectivity index (χ1v) is 9.71. The van der Waals surface area contributed by atoms with Gasteiger partial charge in [0.05, 0.1) is 24.1 Å². The molecule has 1 N–H and O–H groups in total. The number of para-hydroxylation sites is 1. The Morgan fingerprint density at radius 2 is 2.00 bits per heavy atom. The molecule has 1 aliphatic heterocycles. The van der Waals surface area contributed by atoms with Gasteiger partial charge in [-0.25, -0.2) is 4.68 Å². The molecule has 3 heterocycles. The lowest BCUT2D eigenvalue weighted by Gasteiger charge is -2.13. The smallest absolute Gasteiger partial charge is 0.251 e. The molecule has 0 bridgehead atoms. The summed E-state index contributed by atoms with van der Waals surface area (Å²) in [6.07, 6.45) is 9.23. The Labute approximate surface area is 173 Å². The third-order valence-corrected chi connectivity index (χ3v) is 5.06. The highest BCUT2D eigenvalue weighted by Gasteiger charge is 2.26. The molecule has 0 saturated heterocycles. The molecule has 7 nitrogen and oxygen atoms in total. The number of nitrogens with zero attached hydrogens (tertiary/aromatic N) is 4. The van der Waals surface area contributed by atoms with E-state index in [0.29, 0.717) is 12.1 Å². The largest absolute Gasteiger partial charge is 0.487 e. The normalized spacial score (nSPS) is 14.7. The van der Waals surface area contributed by atoms with Crippen molar-refractivity contribution in [1.29, 1.82) is 0 Å². The van der Waals surface area contributed by atoms with E-state index >= 15 is 0 Å². The van der Waals surface area contributed by atoms with E-state index in [1.165, 1.54) is 0 Å². The van der Waals surface area contributed by atoms with Gasteiger partial charge >= 0.3 is 0 Å². The van der Waals surface area contributed by atoms with Crippen molar-refractivity contribution in [3.05, 3.63) is 90.6 Å². The van der Waals surface area contributed by atoms with Crippen molar-refractivity contribution < 1.29 is 9.53 Å². The molecular weight excluding hydrogens is 378 g/mol. The van der Waals surface area contributed by atoms with Crippen molar-refractivity contribution in [2.24, 2.45) is 0 Å². The van der Waals surface area contributed by atoms with Crippen LogP contribution >= 0.6 is 0 Å². The van der Waals surface area contributed by atoms with Crippen LogP contribution in [-0.4, -0.2) is 38.3 Å². The quantitative estimate of drug-likeness (QED) is 0.560. The number of hydrogen-bond donors (Lipinski definition) is 1. The average Bonchev–Trinajstić information content (AvgIpc) is 3.48. The number of nitrogens with one attached hydrogen (secondary N) is 1. The molecule has 0 fully saturated rings. The highest BCUT2D eigenvalue weighted by Crippen LogP contribution is 2.37. The summed E-state index contributed by atoms with van der Waals surface area (Å²) >= 11 is 0. The summed E-state index contributed by atoms with van der Waals surface area (Å²) in [6.45, 7) is 0.425. The van der Waals surface area contributed by atoms with Gasteiger partial charge in [0, 0.05) is 42.3 Å². The first-order chi connectivity index (χ1) is 14.8. The fraction of sp³-hybridized carbons (Fsp3) is 0.130. The molecule has 0 radical (unpaired) electrons. The van der Waals surface area contributed by atoms with Gasteiger partial charge in [-0.1, -0.05) is 12.1 Å². The average molecular weight is 397 g/mol. The Morgan fingerprint density at radius 3 is 2.77 bits per heavy atom. The van der Waals surface area contributed by atoms with Crippen LogP contribution in [0, 0.1) is 0 Å². The second-order valence-corrected chi connectivity index (χ2v) is 7.04. The summed E-state index contributed by atoms with van der Waals surface area (Å²) in [5, 5.41) is 7.16. The Morgan fingerprint density at radius 1 is 1.10 bits per heavy atom. The number of carbonyl (C=O) groups excluding carboxylic acids is 1. The number of hydrogen-bond acceptors (Lipinski definition) is 5. The lowest BCUT2D eigenvalue weighted by atomic mass is 10.0. The molecule has 4 aromatic rings. The maximum Gasteiger partial charge on any atom is 0.251 e. The van der Waals surface area contributed by atoms with Gasteiger partial charge in [-0.15, -0.1) is 0 Å². The van der Waals surface area contributed by atoms with E-state index in [1.807, 2.05) is 42.6 Å². The van der Waals surface area contributed by atoms with Crippen LogP contribution in [0.1, 0.15) is 15.9 Å². The topological polar surface area (TPSA) is 81.9 Å². The zero-order valence-electron chi connectivity index (χ0n) is 16.1. The molecule has 0 spiro atoms. The van der Waals surface area contributed by atoms with Crippen molar-refractivity contribution in [3.63, 3.8) is 0 Å². The fourth-order valence-corrected chi connectivity index (χ4v) is 3.59. The number of benzene rings is 2. The molecule has 2 aromatic heterocycles. The van der Waals surface area contributed by atoms with Gasteiger partial charge < -0.3 is 10.1 Å². The SMILES string of the molecule is O=C(NCC1Cc2cccc(-c3cnccn3)c2O1)c1ccc(-n2cccn2)cc1. The van der Waals surface area contributed by atoms with Crippen molar-refractivity contribution in [2.75, 3.05) is 6.54 Å². The first-order valence-electron chi connectivity index (χ1n) is 9.71. The molecule has 1 amide bonds. The second-order valence-electron chi connectivity index (χ2n) is 7.04. The van der Waals surface area contributed by atoms with E-state index in [-0.39, 0.29) is 12.0 Å². The summed E-state index contributed by atoms with van der Waals surface area (Å²) < 4.78 is 7.90. The van der Waals surface area contributed by atoms with E-state index in [1.54, 1.807) is 41.6 Å². The van der Waals surface area contributed by atoms with Gasteiger partial charge in [0.15, 0.2) is 0 Å². The Hall–Kier alpha value is -4.00. The number of amides is 1. The van der Waals surface area contributed by atoms with Crippen LogP contribution in [-0.2, 0) is 6.42 Å². The molecule has 1 aliphatic rings. The maximum atomic E-state index is 12.6. The molecule has 0 aliphatic carbocycles. The predicted octanol–water partition coefficient (Wildman–Crippen LogP) is 3.06. The van der Waals surface area contributed by atoms with Crippen LogP contribution in [0.3, 0.4) is 0 Å². The van der Waals surface area contributed by atoms with E-state index < -0.39 is 0 Å². The highest BCUT2D eigenvalue weighted by atomic mass is 16.5. The third-order valence-electron chi connectivity index (χ3n) is 5.06. The Balaban J connectivity index is 1.23. The van der Waals surface area contributed by atoms with Gasteiger partial charge in [-0.3, -0.25) is 14.8 Å². The summed E-state index contributed by atoms with van der Waals surface area (Å²) in [6, 6.07) is 15.2. The second kappa shape index (κ2) is 7.79. The molecule has 5 rings (SSSR count). The van der Waals surface area contributed by atoms with E-state index in [0.717, 1.165) is 34.7 Å². The van der Waals surface area contributed by atoms with Crippen LogP contribution in [0.15, 0.2) is 79.5 Å². The molecular formula is C23H19N5O2. The zero-order valence-corrected chi connectivity index (χ0v) is 16.1. The Bertz CT molecular complexity index is 1160. The predicted molar refractivity (Wildman–Crippen MR) is 111 cm³/mol. The molecule has 0 saturated carbocycles. The molecule has 148 valence electrons. The van der Waals surface area contributed by atoms with Crippen molar-refractivity contribution >= 4 is 5.91 Å². The van der Waals surface area contributed by atoms with Crippen molar-refractivity contribution in [3.8, 4) is 22.7 Å². The number of ether oxygens (including phenoxy) is 1. The Kier molecular flexibility index (Phi) is 4.69. The summed E-state index contributed by atoms with van der Waals surface area (Å²) in [5.74, 6) is 0.691. The van der Waals surface area contributed by atoms with Crippen LogP contribution in [0.2, 0.25) is 0 Å². The minimum Gasteiger partial charge on any atom is -0.487 e. The van der Waals surface area contributed by atoms with Gasteiger partial charge in [0.2, 0.25) is 0 Å².